The van der Waals surface area contributed by atoms with Gasteiger partial charge in [0.25, 0.3) is 0 Å². The van der Waals surface area contributed by atoms with E-state index in [2.05, 4.69) is 15.0 Å². The lowest BCUT2D eigenvalue weighted by Crippen LogP contribution is -2.10. The quantitative estimate of drug-likeness (QED) is 0.867. The molecule has 2 aromatic rings. The van der Waals surface area contributed by atoms with Crippen LogP contribution in [0.15, 0.2) is 23.7 Å². The van der Waals surface area contributed by atoms with E-state index in [9.17, 15) is 8.42 Å². The molecule has 0 spiro atoms. The largest absolute Gasteiger partial charge is 0.378 e. The van der Waals surface area contributed by atoms with Crippen LogP contribution in [0, 0.1) is 6.92 Å². The fraction of sp³-hybridized carbons (Fsp3) is 0.308. The summed E-state index contributed by atoms with van der Waals surface area (Å²) in [7, 11) is -3.34. The molecule has 0 aliphatic rings. The maximum atomic E-state index is 11.2. The van der Waals surface area contributed by atoms with Crippen molar-refractivity contribution < 1.29 is 8.42 Å². The van der Waals surface area contributed by atoms with Crippen molar-refractivity contribution in [2.24, 2.45) is 0 Å². The van der Waals surface area contributed by atoms with E-state index in [1.807, 2.05) is 19.4 Å². The van der Waals surface area contributed by atoms with Crippen LogP contribution in [0.3, 0.4) is 0 Å². The number of halogens is 1. The first-order valence-electron chi connectivity index (χ1n) is 6.20. The minimum absolute atomic E-state index is 0.0993. The molecule has 2 rings (SSSR count). The van der Waals surface area contributed by atoms with Crippen LogP contribution in [0.1, 0.15) is 23.5 Å². The minimum Gasteiger partial charge on any atom is -0.378 e. The lowest BCUT2D eigenvalue weighted by molar-refractivity contribution is 0.607. The number of hydrogen-bond donors (Lipinski definition) is 2. The second kappa shape index (κ2) is 6.21. The Hall–Kier alpha value is -1.31. The van der Waals surface area contributed by atoms with E-state index in [1.54, 1.807) is 29.5 Å². The van der Waals surface area contributed by atoms with Gasteiger partial charge in [0.2, 0.25) is 10.0 Å². The molecule has 1 atom stereocenters. The first-order valence-corrected chi connectivity index (χ1v) is 9.35. The summed E-state index contributed by atoms with van der Waals surface area (Å²) in [4.78, 5) is 5.38. The van der Waals surface area contributed by atoms with E-state index < -0.39 is 10.0 Å². The van der Waals surface area contributed by atoms with Crippen molar-refractivity contribution in [2.75, 3.05) is 16.3 Å². The standard InChI is InChI=1S/C13H16ClN3O2S2/c1-8-13(20-7-15-8)9(2)16-10-4-5-12(11(14)6-10)17-21(3,18)19/h4-7,9,16-17H,1-3H3. The molecule has 0 saturated carbocycles. The van der Waals surface area contributed by atoms with Crippen molar-refractivity contribution in [1.29, 1.82) is 0 Å². The predicted octanol–water partition coefficient (Wildman–Crippen LogP) is 3.65. The fourth-order valence-corrected chi connectivity index (χ4v) is 3.60. The summed E-state index contributed by atoms with van der Waals surface area (Å²) < 4.78 is 24.8. The highest BCUT2D eigenvalue weighted by Gasteiger charge is 2.12. The summed E-state index contributed by atoms with van der Waals surface area (Å²) in [6.07, 6.45) is 1.09. The van der Waals surface area contributed by atoms with Crippen LogP contribution in [0.25, 0.3) is 0 Å². The molecule has 1 aromatic heterocycles. The Morgan fingerprint density at radius 1 is 1.38 bits per heavy atom. The van der Waals surface area contributed by atoms with Crippen molar-refractivity contribution in [1.82, 2.24) is 4.98 Å². The SMILES string of the molecule is Cc1ncsc1C(C)Nc1ccc(NS(C)(=O)=O)c(Cl)c1. The number of rotatable bonds is 5. The van der Waals surface area contributed by atoms with E-state index >= 15 is 0 Å². The predicted molar refractivity (Wildman–Crippen MR) is 88.8 cm³/mol. The monoisotopic (exact) mass is 345 g/mol. The number of benzene rings is 1. The van der Waals surface area contributed by atoms with Crippen molar-refractivity contribution in [3.8, 4) is 0 Å². The van der Waals surface area contributed by atoms with Gasteiger partial charge in [-0.05, 0) is 32.0 Å². The van der Waals surface area contributed by atoms with Crippen LogP contribution in [0.5, 0.6) is 0 Å². The van der Waals surface area contributed by atoms with E-state index in [0.717, 1.165) is 22.5 Å². The molecular weight excluding hydrogens is 330 g/mol. The summed E-state index contributed by atoms with van der Waals surface area (Å²) >= 11 is 7.69. The molecule has 1 unspecified atom stereocenters. The van der Waals surface area contributed by atoms with E-state index in [4.69, 9.17) is 11.6 Å². The Bertz CT molecular complexity index is 744. The van der Waals surface area contributed by atoms with Gasteiger partial charge in [-0.1, -0.05) is 11.6 Å². The summed E-state index contributed by atoms with van der Waals surface area (Å²) in [6, 6.07) is 5.22. The first-order chi connectivity index (χ1) is 9.76. The normalized spacial score (nSPS) is 13.0. The number of hydrogen-bond acceptors (Lipinski definition) is 5. The lowest BCUT2D eigenvalue weighted by atomic mass is 10.2. The summed E-state index contributed by atoms with van der Waals surface area (Å²) in [5, 5.41) is 3.67. The molecule has 5 nitrogen and oxygen atoms in total. The Balaban J connectivity index is 2.15. The number of anilines is 2. The van der Waals surface area contributed by atoms with E-state index in [-0.39, 0.29) is 6.04 Å². The topological polar surface area (TPSA) is 71.1 Å². The Kier molecular flexibility index (Phi) is 4.75. The third kappa shape index (κ3) is 4.33. The van der Waals surface area contributed by atoms with Gasteiger partial charge in [0.15, 0.2) is 0 Å². The maximum absolute atomic E-state index is 11.2. The Labute approximate surface area is 133 Å². The van der Waals surface area contributed by atoms with Crippen LogP contribution < -0.4 is 10.0 Å². The highest BCUT2D eigenvalue weighted by molar-refractivity contribution is 7.92. The zero-order chi connectivity index (χ0) is 15.6. The second-order valence-corrected chi connectivity index (χ2v) is 7.78. The van der Waals surface area contributed by atoms with Gasteiger partial charge in [-0.3, -0.25) is 4.72 Å². The molecule has 8 heteroatoms. The molecule has 0 bridgehead atoms. The molecule has 1 heterocycles. The Morgan fingerprint density at radius 3 is 2.62 bits per heavy atom. The molecule has 1 aromatic carbocycles. The molecular formula is C13H16ClN3O2S2. The van der Waals surface area contributed by atoms with E-state index in [0.29, 0.717) is 10.7 Å². The number of nitrogens with one attached hydrogen (secondary N) is 2. The molecule has 21 heavy (non-hydrogen) atoms. The smallest absolute Gasteiger partial charge is 0.229 e. The van der Waals surface area contributed by atoms with Gasteiger partial charge < -0.3 is 5.32 Å². The Morgan fingerprint density at radius 2 is 2.10 bits per heavy atom. The van der Waals surface area contributed by atoms with Crippen LogP contribution in [-0.4, -0.2) is 19.7 Å². The zero-order valence-corrected chi connectivity index (χ0v) is 14.2. The maximum Gasteiger partial charge on any atom is 0.229 e. The van der Waals surface area contributed by atoms with Gasteiger partial charge in [-0.2, -0.15) is 0 Å². The van der Waals surface area contributed by atoms with Gasteiger partial charge in [-0.15, -0.1) is 11.3 Å². The molecule has 2 N–H and O–H groups in total. The average molecular weight is 346 g/mol. The second-order valence-electron chi connectivity index (χ2n) is 4.74. The number of aryl methyl sites for hydroxylation is 1. The summed E-state index contributed by atoms with van der Waals surface area (Å²) in [6.45, 7) is 4.01. The van der Waals surface area contributed by atoms with Crippen molar-refractivity contribution >= 4 is 44.3 Å². The number of sulfonamides is 1. The average Bonchev–Trinajstić information content (AvgIpc) is 2.77. The number of thiazole rings is 1. The highest BCUT2D eigenvalue weighted by atomic mass is 35.5. The zero-order valence-electron chi connectivity index (χ0n) is 11.8. The molecule has 0 saturated heterocycles. The first kappa shape index (κ1) is 16.1. The number of nitrogens with zero attached hydrogens (tertiary/aromatic N) is 1. The van der Waals surface area contributed by atoms with Crippen LogP contribution in [0.2, 0.25) is 5.02 Å². The summed E-state index contributed by atoms with van der Waals surface area (Å²) in [5.74, 6) is 0. The fourth-order valence-electron chi connectivity index (χ4n) is 1.93. The highest BCUT2D eigenvalue weighted by Crippen LogP contribution is 2.30. The molecule has 0 aliphatic heterocycles. The molecule has 0 fully saturated rings. The molecule has 0 amide bonds. The van der Waals surface area contributed by atoms with Crippen LogP contribution in [0.4, 0.5) is 11.4 Å². The third-order valence-electron chi connectivity index (χ3n) is 2.82. The van der Waals surface area contributed by atoms with Crippen molar-refractivity contribution in [2.45, 2.75) is 19.9 Å². The molecule has 0 aliphatic carbocycles. The lowest BCUT2D eigenvalue weighted by Gasteiger charge is -2.15. The van der Waals surface area contributed by atoms with Gasteiger partial charge in [0.1, 0.15) is 0 Å². The number of aromatic nitrogens is 1. The third-order valence-corrected chi connectivity index (χ3v) is 4.84. The van der Waals surface area contributed by atoms with Gasteiger partial charge in [0, 0.05) is 10.6 Å². The minimum atomic E-state index is -3.34. The van der Waals surface area contributed by atoms with Gasteiger partial charge in [-0.25, -0.2) is 13.4 Å². The van der Waals surface area contributed by atoms with Gasteiger partial charge in [0.05, 0.1) is 34.2 Å². The van der Waals surface area contributed by atoms with Gasteiger partial charge >= 0.3 is 0 Å². The van der Waals surface area contributed by atoms with Crippen LogP contribution in [-0.2, 0) is 10.0 Å². The van der Waals surface area contributed by atoms with E-state index in [1.165, 1.54) is 0 Å². The summed E-state index contributed by atoms with van der Waals surface area (Å²) in [5.41, 5.74) is 4.00. The van der Waals surface area contributed by atoms with Crippen molar-refractivity contribution in [3.05, 3.63) is 39.3 Å². The molecule has 0 radical (unpaired) electrons. The molecule has 114 valence electrons. The van der Waals surface area contributed by atoms with Crippen molar-refractivity contribution in [3.63, 3.8) is 0 Å². The van der Waals surface area contributed by atoms with Crippen LogP contribution >= 0.6 is 22.9 Å².